The molecule has 2 fully saturated rings. The Balaban J connectivity index is 0.00000208. The van der Waals surface area contributed by atoms with Gasteiger partial charge in [0.2, 0.25) is 11.8 Å². The molecule has 6 heteroatoms. The SMILES string of the molecule is CCc1ccccc1N1CC(C(=O)N2CCNCC2C)CC1=O.Cl. The fraction of sp³-hybridized carbons (Fsp3) is 0.556. The topological polar surface area (TPSA) is 52.7 Å². The van der Waals surface area contributed by atoms with E-state index in [1.807, 2.05) is 23.1 Å². The number of para-hydroxylation sites is 1. The molecular formula is C18H26ClN3O2. The van der Waals surface area contributed by atoms with E-state index in [1.165, 1.54) is 0 Å². The Morgan fingerprint density at radius 2 is 2.08 bits per heavy atom. The minimum atomic E-state index is -0.215. The zero-order valence-corrected chi connectivity index (χ0v) is 15.1. The lowest BCUT2D eigenvalue weighted by Gasteiger charge is -2.35. The second-order valence-electron chi connectivity index (χ2n) is 6.47. The maximum atomic E-state index is 12.8. The first-order valence-corrected chi connectivity index (χ1v) is 8.51. The van der Waals surface area contributed by atoms with Gasteiger partial charge in [-0.3, -0.25) is 9.59 Å². The van der Waals surface area contributed by atoms with Crippen LogP contribution in [0, 0.1) is 5.92 Å². The van der Waals surface area contributed by atoms with Gasteiger partial charge in [-0.05, 0) is 25.0 Å². The van der Waals surface area contributed by atoms with Gasteiger partial charge in [-0.25, -0.2) is 0 Å². The van der Waals surface area contributed by atoms with Crippen molar-refractivity contribution in [3.63, 3.8) is 0 Å². The van der Waals surface area contributed by atoms with Gasteiger partial charge in [-0.1, -0.05) is 25.1 Å². The average molecular weight is 352 g/mol. The molecule has 1 N–H and O–H groups in total. The molecule has 0 aliphatic carbocycles. The van der Waals surface area contributed by atoms with Gasteiger partial charge in [0.05, 0.1) is 5.92 Å². The van der Waals surface area contributed by atoms with Crippen molar-refractivity contribution >= 4 is 29.9 Å². The number of benzene rings is 1. The van der Waals surface area contributed by atoms with Crippen LogP contribution in [0.25, 0.3) is 0 Å². The van der Waals surface area contributed by atoms with Crippen molar-refractivity contribution in [1.29, 1.82) is 0 Å². The second kappa shape index (κ2) is 7.99. The highest BCUT2D eigenvalue weighted by molar-refractivity contribution is 6.00. The Labute approximate surface area is 149 Å². The molecule has 2 amide bonds. The molecule has 2 atom stereocenters. The number of rotatable bonds is 3. The van der Waals surface area contributed by atoms with Crippen LogP contribution in [0.15, 0.2) is 24.3 Å². The molecule has 0 saturated carbocycles. The summed E-state index contributed by atoms with van der Waals surface area (Å²) in [6.45, 7) is 7.05. The summed E-state index contributed by atoms with van der Waals surface area (Å²) in [6, 6.07) is 8.18. The van der Waals surface area contributed by atoms with Crippen LogP contribution in [0.5, 0.6) is 0 Å². The third kappa shape index (κ3) is 3.57. The van der Waals surface area contributed by atoms with Crippen LogP contribution < -0.4 is 10.2 Å². The van der Waals surface area contributed by atoms with E-state index in [-0.39, 0.29) is 36.2 Å². The Bertz CT molecular complexity index is 608. The van der Waals surface area contributed by atoms with Crippen LogP contribution in [0.1, 0.15) is 25.8 Å². The highest BCUT2D eigenvalue weighted by Gasteiger charge is 2.39. The maximum Gasteiger partial charge on any atom is 0.228 e. The highest BCUT2D eigenvalue weighted by atomic mass is 35.5. The summed E-state index contributed by atoms with van der Waals surface area (Å²) < 4.78 is 0. The van der Waals surface area contributed by atoms with Gasteiger partial charge in [-0.15, -0.1) is 12.4 Å². The van der Waals surface area contributed by atoms with Crippen molar-refractivity contribution in [2.45, 2.75) is 32.7 Å². The molecular weight excluding hydrogens is 326 g/mol. The van der Waals surface area contributed by atoms with E-state index in [1.54, 1.807) is 4.90 Å². The fourth-order valence-corrected chi connectivity index (χ4v) is 3.58. The summed E-state index contributed by atoms with van der Waals surface area (Å²) in [5.74, 6) is -0.0242. The second-order valence-corrected chi connectivity index (χ2v) is 6.47. The molecule has 1 aromatic carbocycles. The van der Waals surface area contributed by atoms with E-state index in [0.717, 1.165) is 37.3 Å². The van der Waals surface area contributed by atoms with Gasteiger partial charge in [-0.2, -0.15) is 0 Å². The predicted molar refractivity (Wildman–Crippen MR) is 97.6 cm³/mol. The van der Waals surface area contributed by atoms with Gasteiger partial charge in [0, 0.05) is 44.3 Å². The summed E-state index contributed by atoms with van der Waals surface area (Å²) in [6.07, 6.45) is 1.21. The lowest BCUT2D eigenvalue weighted by molar-refractivity contribution is -0.138. The Hall–Kier alpha value is -1.59. The van der Waals surface area contributed by atoms with Gasteiger partial charge < -0.3 is 15.1 Å². The van der Waals surface area contributed by atoms with Crippen molar-refractivity contribution in [2.24, 2.45) is 5.92 Å². The average Bonchev–Trinajstić information content (AvgIpc) is 2.96. The molecule has 132 valence electrons. The van der Waals surface area contributed by atoms with Gasteiger partial charge >= 0.3 is 0 Å². The summed E-state index contributed by atoms with van der Waals surface area (Å²) in [5, 5.41) is 3.30. The third-order valence-corrected chi connectivity index (χ3v) is 4.92. The number of carbonyl (C=O) groups is 2. The van der Waals surface area contributed by atoms with Crippen LogP contribution in [-0.2, 0) is 16.0 Å². The molecule has 24 heavy (non-hydrogen) atoms. The lowest BCUT2D eigenvalue weighted by atomic mass is 10.0. The minimum Gasteiger partial charge on any atom is -0.337 e. The van der Waals surface area contributed by atoms with E-state index < -0.39 is 0 Å². The standard InChI is InChI=1S/C18H25N3O2.ClH/c1-3-14-6-4-5-7-16(14)21-12-15(10-17(21)22)18(23)20-9-8-19-11-13(20)2;/h4-7,13,15,19H,3,8-12H2,1-2H3;1H. The van der Waals surface area contributed by atoms with Crippen LogP contribution >= 0.6 is 12.4 Å². The van der Waals surface area contributed by atoms with E-state index in [9.17, 15) is 9.59 Å². The van der Waals surface area contributed by atoms with E-state index in [2.05, 4.69) is 25.2 Å². The monoisotopic (exact) mass is 351 g/mol. The van der Waals surface area contributed by atoms with Gasteiger partial charge in [0.15, 0.2) is 0 Å². The Morgan fingerprint density at radius 3 is 2.79 bits per heavy atom. The molecule has 2 aliphatic heterocycles. The zero-order chi connectivity index (χ0) is 16.4. The maximum absolute atomic E-state index is 12.8. The Morgan fingerprint density at radius 1 is 1.33 bits per heavy atom. The van der Waals surface area contributed by atoms with E-state index in [0.29, 0.717) is 13.0 Å². The number of halogens is 1. The van der Waals surface area contributed by atoms with Crippen molar-refractivity contribution in [1.82, 2.24) is 10.2 Å². The number of carbonyl (C=O) groups excluding carboxylic acids is 2. The number of hydrogen-bond acceptors (Lipinski definition) is 3. The van der Waals surface area contributed by atoms with Crippen molar-refractivity contribution in [3.05, 3.63) is 29.8 Å². The molecule has 2 aliphatic rings. The molecule has 5 nitrogen and oxygen atoms in total. The zero-order valence-electron chi connectivity index (χ0n) is 14.3. The normalized spacial score (nSPS) is 24.0. The van der Waals surface area contributed by atoms with Crippen LogP contribution in [0.2, 0.25) is 0 Å². The quantitative estimate of drug-likeness (QED) is 0.904. The summed E-state index contributed by atoms with van der Waals surface area (Å²) in [7, 11) is 0. The van der Waals surface area contributed by atoms with Crippen LogP contribution in [-0.4, -0.2) is 48.9 Å². The molecule has 0 aromatic heterocycles. The van der Waals surface area contributed by atoms with Crippen molar-refractivity contribution in [3.8, 4) is 0 Å². The molecule has 0 spiro atoms. The number of amides is 2. The number of aryl methyl sites for hydroxylation is 1. The summed E-state index contributed by atoms with van der Waals surface area (Å²) in [5.41, 5.74) is 2.12. The largest absolute Gasteiger partial charge is 0.337 e. The molecule has 0 radical (unpaired) electrons. The number of piperazine rings is 1. The smallest absolute Gasteiger partial charge is 0.228 e. The minimum absolute atomic E-state index is 0. The first kappa shape index (κ1) is 18.7. The molecule has 2 unspecified atom stereocenters. The molecule has 1 aromatic rings. The number of hydrogen-bond donors (Lipinski definition) is 1. The Kier molecular flexibility index (Phi) is 6.24. The van der Waals surface area contributed by atoms with E-state index >= 15 is 0 Å². The number of nitrogens with one attached hydrogen (secondary N) is 1. The number of nitrogens with zero attached hydrogens (tertiary/aromatic N) is 2. The first-order chi connectivity index (χ1) is 11.1. The van der Waals surface area contributed by atoms with Crippen LogP contribution in [0.3, 0.4) is 0 Å². The van der Waals surface area contributed by atoms with Crippen LogP contribution in [0.4, 0.5) is 5.69 Å². The van der Waals surface area contributed by atoms with E-state index in [4.69, 9.17) is 0 Å². The molecule has 3 rings (SSSR count). The lowest BCUT2D eigenvalue weighted by Crippen LogP contribution is -2.54. The fourth-order valence-electron chi connectivity index (χ4n) is 3.58. The first-order valence-electron chi connectivity index (χ1n) is 8.51. The number of anilines is 1. The summed E-state index contributed by atoms with van der Waals surface area (Å²) >= 11 is 0. The predicted octanol–water partition coefficient (Wildman–Crippen LogP) is 1.84. The van der Waals surface area contributed by atoms with Crippen molar-refractivity contribution < 1.29 is 9.59 Å². The molecule has 2 saturated heterocycles. The third-order valence-electron chi connectivity index (χ3n) is 4.92. The van der Waals surface area contributed by atoms with Crippen molar-refractivity contribution in [2.75, 3.05) is 31.1 Å². The highest BCUT2D eigenvalue weighted by Crippen LogP contribution is 2.29. The molecule has 0 bridgehead atoms. The summed E-state index contributed by atoms with van der Waals surface area (Å²) in [4.78, 5) is 29.0. The van der Waals surface area contributed by atoms with Gasteiger partial charge in [0.1, 0.15) is 0 Å². The molecule has 2 heterocycles. The van der Waals surface area contributed by atoms with Gasteiger partial charge in [0.25, 0.3) is 0 Å².